The van der Waals surface area contributed by atoms with Crippen LogP contribution in [0.2, 0.25) is 0 Å². The molecule has 2 aliphatic rings. The highest BCUT2D eigenvalue weighted by Gasteiger charge is 2.54. The first-order chi connectivity index (χ1) is 7.34. The van der Waals surface area contributed by atoms with E-state index in [1.165, 1.54) is 0 Å². The summed E-state index contributed by atoms with van der Waals surface area (Å²) < 4.78 is 24.4. The Labute approximate surface area is 96.2 Å². The molecule has 2 heterocycles. The van der Waals surface area contributed by atoms with Crippen molar-refractivity contribution in [2.75, 3.05) is 12.8 Å². The Morgan fingerprint density at radius 1 is 1.44 bits per heavy atom. The van der Waals surface area contributed by atoms with Crippen molar-refractivity contribution in [3.05, 3.63) is 0 Å². The summed E-state index contributed by atoms with van der Waals surface area (Å²) in [7, 11) is -3.43. The van der Waals surface area contributed by atoms with E-state index >= 15 is 0 Å². The van der Waals surface area contributed by atoms with Gasteiger partial charge in [0.15, 0.2) is 0 Å². The van der Waals surface area contributed by atoms with E-state index in [0.29, 0.717) is 0 Å². The average Bonchev–Trinajstić information content (AvgIpc) is 2.58. The summed E-state index contributed by atoms with van der Waals surface area (Å²) in [6, 6.07) is -0.169. The molecule has 0 unspecified atom stereocenters. The summed E-state index contributed by atoms with van der Waals surface area (Å²) >= 11 is 0. The summed E-state index contributed by atoms with van der Waals surface area (Å²) in [6.07, 6.45) is 1.84. The fourth-order valence-corrected chi connectivity index (χ4v) is 4.09. The lowest BCUT2D eigenvalue weighted by molar-refractivity contribution is -0.128. The highest BCUT2D eigenvalue weighted by Crippen LogP contribution is 2.36. The molecule has 0 spiro atoms. The Morgan fingerprint density at radius 3 is 2.56 bits per heavy atom. The number of hydrogen-bond donors (Lipinski definition) is 1. The van der Waals surface area contributed by atoms with Crippen molar-refractivity contribution in [1.29, 1.82) is 0 Å². The second-order valence-electron chi connectivity index (χ2n) is 5.00. The van der Waals surface area contributed by atoms with Crippen LogP contribution in [-0.2, 0) is 14.8 Å². The van der Waals surface area contributed by atoms with Crippen LogP contribution in [0.15, 0.2) is 0 Å². The predicted octanol–water partition coefficient (Wildman–Crippen LogP) is -0.209. The number of nitrogens with zero attached hydrogens (tertiary/aromatic N) is 1. The topological polar surface area (TPSA) is 66.5 Å². The van der Waals surface area contributed by atoms with Crippen molar-refractivity contribution >= 4 is 15.9 Å². The molecule has 0 aromatic heterocycles. The van der Waals surface area contributed by atoms with Gasteiger partial charge in [-0.25, -0.2) is 12.7 Å². The van der Waals surface area contributed by atoms with E-state index in [0.717, 1.165) is 23.5 Å². The normalized spacial score (nSPS) is 34.9. The van der Waals surface area contributed by atoms with Gasteiger partial charge in [0, 0.05) is 6.04 Å². The van der Waals surface area contributed by atoms with Gasteiger partial charge >= 0.3 is 0 Å². The van der Waals surface area contributed by atoms with Gasteiger partial charge in [-0.2, -0.15) is 0 Å². The molecule has 2 aliphatic heterocycles. The molecule has 16 heavy (non-hydrogen) atoms. The molecule has 2 rings (SSSR count). The molecule has 0 aromatic rings. The predicted molar refractivity (Wildman–Crippen MR) is 60.2 cm³/mol. The van der Waals surface area contributed by atoms with E-state index in [2.05, 4.69) is 5.32 Å². The Hall–Kier alpha value is -0.620. The number of nitrogens with one attached hydrogen (secondary N) is 1. The minimum atomic E-state index is -3.43. The van der Waals surface area contributed by atoms with Gasteiger partial charge in [-0.1, -0.05) is 13.8 Å². The third-order valence-electron chi connectivity index (χ3n) is 3.50. The second-order valence-corrected chi connectivity index (χ2v) is 6.86. The summed E-state index contributed by atoms with van der Waals surface area (Å²) in [5.41, 5.74) is 0. The van der Waals surface area contributed by atoms with Crippen LogP contribution < -0.4 is 5.32 Å². The third kappa shape index (κ3) is 1.64. The maximum Gasteiger partial charge on any atom is 0.241 e. The first-order valence-corrected chi connectivity index (χ1v) is 7.45. The fourth-order valence-electron chi connectivity index (χ4n) is 2.92. The number of amides is 1. The number of carbonyl (C=O) groups is 1. The van der Waals surface area contributed by atoms with Gasteiger partial charge in [0.25, 0.3) is 0 Å². The third-order valence-corrected chi connectivity index (χ3v) is 4.67. The Balaban J connectivity index is 2.39. The highest BCUT2D eigenvalue weighted by atomic mass is 32.2. The van der Waals surface area contributed by atoms with Gasteiger partial charge in [0.05, 0.1) is 18.2 Å². The number of carbonyl (C=O) groups excluding carboxylic acids is 1. The van der Waals surface area contributed by atoms with Crippen LogP contribution in [-0.4, -0.2) is 43.5 Å². The van der Waals surface area contributed by atoms with E-state index < -0.39 is 10.0 Å². The molecule has 0 radical (unpaired) electrons. The van der Waals surface area contributed by atoms with E-state index in [-0.39, 0.29) is 29.8 Å². The molecule has 2 saturated heterocycles. The summed E-state index contributed by atoms with van der Waals surface area (Å²) in [4.78, 5) is 12.1. The zero-order valence-electron chi connectivity index (χ0n) is 9.80. The summed E-state index contributed by atoms with van der Waals surface area (Å²) in [6.45, 7) is 4.72. The lowest BCUT2D eigenvalue weighted by atomic mass is 9.89. The number of sulfonamides is 1. The van der Waals surface area contributed by atoms with Crippen molar-refractivity contribution in [2.45, 2.75) is 32.4 Å². The zero-order valence-corrected chi connectivity index (χ0v) is 10.6. The number of fused-ring (bicyclic) bond motifs is 1. The lowest BCUT2D eigenvalue weighted by Crippen LogP contribution is -2.39. The average molecular weight is 246 g/mol. The van der Waals surface area contributed by atoms with Crippen LogP contribution in [0.4, 0.5) is 0 Å². The highest BCUT2D eigenvalue weighted by molar-refractivity contribution is 7.88. The van der Waals surface area contributed by atoms with Crippen molar-refractivity contribution < 1.29 is 13.2 Å². The van der Waals surface area contributed by atoms with Crippen LogP contribution >= 0.6 is 0 Å². The SMILES string of the molecule is CC(C)[C@@H]1C(=O)N(S(C)(=O)=O)[C@H]2CCN[C@@H]12. The minimum Gasteiger partial charge on any atom is -0.311 e. The maximum absolute atomic E-state index is 12.1. The van der Waals surface area contributed by atoms with Crippen LogP contribution in [0.3, 0.4) is 0 Å². The Bertz CT molecular complexity index is 404. The van der Waals surface area contributed by atoms with Gasteiger partial charge in [-0.15, -0.1) is 0 Å². The van der Waals surface area contributed by atoms with Gasteiger partial charge in [-0.05, 0) is 18.9 Å². The van der Waals surface area contributed by atoms with E-state index in [1.807, 2.05) is 13.8 Å². The lowest BCUT2D eigenvalue weighted by Gasteiger charge is -2.20. The maximum atomic E-state index is 12.1. The van der Waals surface area contributed by atoms with E-state index in [9.17, 15) is 13.2 Å². The first-order valence-electron chi connectivity index (χ1n) is 5.60. The van der Waals surface area contributed by atoms with Gasteiger partial charge in [0.1, 0.15) is 0 Å². The Morgan fingerprint density at radius 2 is 2.06 bits per heavy atom. The molecular formula is C10H18N2O3S. The fraction of sp³-hybridized carbons (Fsp3) is 0.900. The second kappa shape index (κ2) is 3.70. The van der Waals surface area contributed by atoms with Crippen LogP contribution in [0, 0.1) is 11.8 Å². The van der Waals surface area contributed by atoms with Gasteiger partial charge < -0.3 is 5.32 Å². The molecule has 0 saturated carbocycles. The monoisotopic (exact) mass is 246 g/mol. The molecule has 0 aromatic carbocycles. The number of rotatable bonds is 2. The van der Waals surface area contributed by atoms with Crippen molar-refractivity contribution in [2.24, 2.45) is 11.8 Å². The van der Waals surface area contributed by atoms with Crippen molar-refractivity contribution in [3.63, 3.8) is 0 Å². The van der Waals surface area contributed by atoms with Crippen LogP contribution in [0.1, 0.15) is 20.3 Å². The van der Waals surface area contributed by atoms with E-state index in [1.54, 1.807) is 0 Å². The molecule has 1 amide bonds. The molecule has 0 aliphatic carbocycles. The first kappa shape index (κ1) is 11.9. The van der Waals surface area contributed by atoms with Crippen LogP contribution in [0.5, 0.6) is 0 Å². The molecule has 92 valence electrons. The number of hydrogen-bond acceptors (Lipinski definition) is 4. The van der Waals surface area contributed by atoms with E-state index in [4.69, 9.17) is 0 Å². The van der Waals surface area contributed by atoms with Crippen molar-refractivity contribution in [3.8, 4) is 0 Å². The summed E-state index contributed by atoms with van der Waals surface area (Å²) in [5.74, 6) is -0.278. The minimum absolute atomic E-state index is 0.00206. The molecule has 3 atom stereocenters. The van der Waals surface area contributed by atoms with Crippen molar-refractivity contribution in [1.82, 2.24) is 9.62 Å². The zero-order chi connectivity index (χ0) is 12.1. The molecule has 5 nitrogen and oxygen atoms in total. The van der Waals surface area contributed by atoms with Gasteiger partial charge in [0.2, 0.25) is 15.9 Å². The largest absolute Gasteiger partial charge is 0.311 e. The molecule has 1 N–H and O–H groups in total. The summed E-state index contributed by atoms with van der Waals surface area (Å²) in [5, 5.41) is 3.26. The quantitative estimate of drug-likeness (QED) is 0.732. The molecular weight excluding hydrogens is 228 g/mol. The standard InChI is InChI=1S/C10H18N2O3S/c1-6(2)8-9-7(4-5-11-9)12(10(8)13)16(3,14)15/h6-9,11H,4-5H2,1-3H3/t7-,8-,9+/m0/s1. The molecule has 2 fully saturated rings. The molecule has 0 bridgehead atoms. The smallest absolute Gasteiger partial charge is 0.241 e. The van der Waals surface area contributed by atoms with Gasteiger partial charge in [-0.3, -0.25) is 4.79 Å². The Kier molecular flexibility index (Phi) is 2.74. The molecule has 6 heteroatoms. The van der Waals surface area contributed by atoms with Crippen LogP contribution in [0.25, 0.3) is 0 Å².